The molecule has 0 aromatic rings. The molecular weight excluding hydrogens is 250 g/mol. The lowest BCUT2D eigenvalue weighted by atomic mass is 10.2. The first-order valence-electron chi connectivity index (χ1n) is 8.26. The zero-order valence-corrected chi connectivity index (χ0v) is 14.1. The second kappa shape index (κ2) is 23.9. The lowest BCUT2D eigenvalue weighted by Gasteiger charge is -2.11. The lowest BCUT2D eigenvalue weighted by molar-refractivity contribution is 0.520. The molecule has 0 aromatic carbocycles. The molecule has 124 valence electrons. The summed E-state index contributed by atoms with van der Waals surface area (Å²) in [5.74, 6) is 0. The van der Waals surface area contributed by atoms with Gasteiger partial charge in [-0.1, -0.05) is 19.8 Å². The van der Waals surface area contributed by atoms with Crippen LogP contribution in [0.2, 0.25) is 0 Å². The van der Waals surface area contributed by atoms with Crippen LogP contribution < -0.4 is 27.0 Å². The molecule has 5 nitrogen and oxygen atoms in total. The minimum absolute atomic E-state index is 1.14. The van der Waals surface area contributed by atoms with E-state index in [0.717, 1.165) is 32.7 Å². The smallest absolute Gasteiger partial charge is 0.00772 e. The van der Waals surface area contributed by atoms with Gasteiger partial charge in [0.05, 0.1) is 0 Å². The van der Waals surface area contributed by atoms with Crippen molar-refractivity contribution in [1.29, 1.82) is 0 Å². The normalized spacial score (nSPS) is 17.4. The fourth-order valence-electron chi connectivity index (χ4n) is 1.76. The summed E-state index contributed by atoms with van der Waals surface area (Å²) in [4.78, 5) is 0. The minimum atomic E-state index is 1.14. The van der Waals surface area contributed by atoms with Crippen LogP contribution in [0, 0.1) is 0 Å². The highest BCUT2D eigenvalue weighted by Gasteiger charge is 1.93. The molecule has 2 aliphatic heterocycles. The predicted molar refractivity (Wildman–Crippen MR) is 91.4 cm³/mol. The Morgan fingerprint density at radius 3 is 1.40 bits per heavy atom. The van der Waals surface area contributed by atoms with Crippen LogP contribution >= 0.6 is 0 Å². The van der Waals surface area contributed by atoms with Crippen LogP contribution in [0.3, 0.4) is 0 Å². The molecule has 20 heavy (non-hydrogen) atoms. The van der Waals surface area contributed by atoms with Gasteiger partial charge in [-0.2, -0.15) is 0 Å². The standard InChI is InChI=1S/C5H11N.C5H13N.C4H10N2.CH5N/c1-2-4-6-5-3-1;1-3-4-5-6-2;1-2-6-4-3-5-1;1-2/h6H,1-5H2;6H,3-5H2,1-2H3;5-6H,1-4H2;2H2,1H3. The van der Waals surface area contributed by atoms with Crippen LogP contribution in [0.25, 0.3) is 0 Å². The molecule has 0 aliphatic carbocycles. The van der Waals surface area contributed by atoms with Crippen LogP contribution in [0.4, 0.5) is 0 Å². The van der Waals surface area contributed by atoms with Gasteiger partial charge in [-0.25, -0.2) is 0 Å². The molecule has 0 radical (unpaired) electrons. The Hall–Kier alpha value is -0.200. The first-order valence-corrected chi connectivity index (χ1v) is 8.26. The Morgan fingerprint density at radius 1 is 0.800 bits per heavy atom. The average Bonchev–Trinajstić information content (AvgIpc) is 2.59. The average molecular weight is 290 g/mol. The van der Waals surface area contributed by atoms with E-state index in [4.69, 9.17) is 0 Å². The molecule has 2 saturated heterocycles. The number of nitrogens with one attached hydrogen (secondary N) is 4. The molecule has 2 rings (SSSR count). The second-order valence-corrected chi connectivity index (χ2v) is 4.77. The minimum Gasteiger partial charge on any atom is -0.333 e. The van der Waals surface area contributed by atoms with E-state index in [-0.39, 0.29) is 0 Å². The number of hydrogen-bond donors (Lipinski definition) is 5. The summed E-state index contributed by atoms with van der Waals surface area (Å²) >= 11 is 0. The molecule has 0 amide bonds. The third-order valence-electron chi connectivity index (χ3n) is 2.94. The van der Waals surface area contributed by atoms with Gasteiger partial charge in [-0.3, -0.25) is 0 Å². The monoisotopic (exact) mass is 289 g/mol. The van der Waals surface area contributed by atoms with Crippen molar-refractivity contribution < 1.29 is 0 Å². The van der Waals surface area contributed by atoms with Crippen LogP contribution in [0.5, 0.6) is 0 Å². The maximum Gasteiger partial charge on any atom is 0.00772 e. The van der Waals surface area contributed by atoms with Gasteiger partial charge in [0, 0.05) is 26.2 Å². The molecule has 0 bridgehead atoms. The fraction of sp³-hybridized carbons (Fsp3) is 1.00. The predicted octanol–water partition coefficient (Wildman–Crippen LogP) is 0.520. The van der Waals surface area contributed by atoms with Gasteiger partial charge < -0.3 is 27.0 Å². The van der Waals surface area contributed by atoms with Crippen molar-refractivity contribution in [1.82, 2.24) is 21.3 Å². The summed E-state index contributed by atoms with van der Waals surface area (Å²) in [5, 5.41) is 12.8. The molecule has 0 spiro atoms. The maximum atomic E-state index is 4.50. The molecule has 0 unspecified atom stereocenters. The van der Waals surface area contributed by atoms with Crippen molar-refractivity contribution >= 4 is 0 Å². The largest absolute Gasteiger partial charge is 0.333 e. The number of piperazine rings is 1. The zero-order valence-electron chi connectivity index (χ0n) is 14.1. The van der Waals surface area contributed by atoms with Gasteiger partial charge in [-0.15, -0.1) is 0 Å². The highest BCUT2D eigenvalue weighted by atomic mass is 15.0. The fourth-order valence-corrected chi connectivity index (χ4v) is 1.76. The van der Waals surface area contributed by atoms with Gasteiger partial charge in [-0.05, 0) is 53.0 Å². The third kappa shape index (κ3) is 22.9. The molecule has 6 N–H and O–H groups in total. The van der Waals surface area contributed by atoms with Crippen molar-refractivity contribution in [2.75, 3.05) is 59.9 Å². The SMILES string of the molecule is C1CCNCC1.C1CNCCN1.CCCCNC.CN. The number of piperidine rings is 1. The highest BCUT2D eigenvalue weighted by molar-refractivity contribution is 4.59. The van der Waals surface area contributed by atoms with E-state index >= 15 is 0 Å². The van der Waals surface area contributed by atoms with Crippen molar-refractivity contribution in [3.63, 3.8) is 0 Å². The summed E-state index contributed by atoms with van der Waals surface area (Å²) < 4.78 is 0. The second-order valence-electron chi connectivity index (χ2n) is 4.77. The van der Waals surface area contributed by atoms with Crippen molar-refractivity contribution in [2.45, 2.75) is 39.0 Å². The summed E-state index contributed by atoms with van der Waals surface area (Å²) in [6.45, 7) is 10.4. The van der Waals surface area contributed by atoms with E-state index in [1.54, 1.807) is 0 Å². The van der Waals surface area contributed by atoms with E-state index in [9.17, 15) is 0 Å². The van der Waals surface area contributed by atoms with E-state index in [1.165, 1.54) is 52.2 Å². The Balaban J connectivity index is 0. The van der Waals surface area contributed by atoms with Gasteiger partial charge in [0.2, 0.25) is 0 Å². The number of rotatable bonds is 3. The van der Waals surface area contributed by atoms with E-state index < -0.39 is 0 Å². The maximum absolute atomic E-state index is 4.50. The molecule has 2 aliphatic rings. The third-order valence-corrected chi connectivity index (χ3v) is 2.94. The Labute approximate surface area is 126 Å². The number of nitrogens with two attached hydrogens (primary N) is 1. The molecule has 2 heterocycles. The van der Waals surface area contributed by atoms with Crippen molar-refractivity contribution in [3.05, 3.63) is 0 Å². The molecule has 0 atom stereocenters. The molecule has 5 heteroatoms. The molecule has 0 saturated carbocycles. The number of unbranched alkanes of at least 4 members (excludes halogenated alkanes) is 1. The summed E-state index contributed by atoms with van der Waals surface area (Å²) in [6.07, 6.45) is 6.81. The topological polar surface area (TPSA) is 74.1 Å². The van der Waals surface area contributed by atoms with Crippen LogP contribution in [0.1, 0.15) is 39.0 Å². The van der Waals surface area contributed by atoms with Crippen LogP contribution in [0.15, 0.2) is 0 Å². The first-order chi connectivity index (χ1) is 9.91. The van der Waals surface area contributed by atoms with Crippen LogP contribution in [-0.2, 0) is 0 Å². The zero-order chi connectivity index (χ0) is 15.3. The quantitative estimate of drug-likeness (QED) is 0.490. The highest BCUT2D eigenvalue weighted by Crippen LogP contribution is 1.96. The van der Waals surface area contributed by atoms with Crippen molar-refractivity contribution in [2.24, 2.45) is 5.73 Å². The van der Waals surface area contributed by atoms with Crippen molar-refractivity contribution in [3.8, 4) is 0 Å². The summed E-state index contributed by atoms with van der Waals surface area (Å²) in [7, 11) is 3.48. The summed E-state index contributed by atoms with van der Waals surface area (Å²) in [6, 6.07) is 0. The molecular formula is C15H39N5. The Kier molecular flexibility index (Phi) is 26.4. The number of hydrogen-bond acceptors (Lipinski definition) is 5. The van der Waals surface area contributed by atoms with Gasteiger partial charge in [0.25, 0.3) is 0 Å². The Morgan fingerprint density at radius 2 is 1.25 bits per heavy atom. The van der Waals surface area contributed by atoms with Gasteiger partial charge >= 0.3 is 0 Å². The molecule has 0 aromatic heterocycles. The van der Waals surface area contributed by atoms with Crippen LogP contribution in [-0.4, -0.2) is 59.9 Å². The van der Waals surface area contributed by atoms with Gasteiger partial charge in [0.15, 0.2) is 0 Å². The summed E-state index contributed by atoms with van der Waals surface area (Å²) in [5.41, 5.74) is 4.50. The Bertz CT molecular complexity index is 97.2. The first kappa shape index (κ1) is 22.1. The molecule has 2 fully saturated rings. The van der Waals surface area contributed by atoms with E-state index in [2.05, 4.69) is 33.9 Å². The van der Waals surface area contributed by atoms with Gasteiger partial charge in [0.1, 0.15) is 0 Å². The van der Waals surface area contributed by atoms with E-state index in [0.29, 0.717) is 0 Å². The lowest BCUT2D eigenvalue weighted by Crippen LogP contribution is -2.39. The van der Waals surface area contributed by atoms with E-state index in [1.807, 2.05) is 7.05 Å².